The van der Waals surface area contributed by atoms with Crippen molar-refractivity contribution in [1.29, 1.82) is 0 Å². The van der Waals surface area contributed by atoms with Crippen molar-refractivity contribution in [2.24, 2.45) is 0 Å². The number of rotatable bonds is 10. The number of benzene rings is 1. The summed E-state index contributed by atoms with van der Waals surface area (Å²) in [6.45, 7) is 14.8. The lowest BCUT2D eigenvalue weighted by molar-refractivity contribution is 0.0443. The number of amides is 1. The first kappa shape index (κ1) is 35.3. The Balaban J connectivity index is 0.000000801. The summed E-state index contributed by atoms with van der Waals surface area (Å²) >= 11 is 0. The standard InChI is InChI=1S/C31H42N4O3.C4H11NO/c1-5-35(26-11-7-6-8-12-26)29-20-25(10-9-13-34-14-16-38-17-15-34)19-27(24(29)4)30(36)32-21-28-22(2)18-23(3)33-31(28)37;1-5-3-4-6-2/h18-20,26H,5-8,11-17,21H2,1-4H3,(H,32,36)(H,33,37);5H,3-4H2,1-2H3. The van der Waals surface area contributed by atoms with Crippen LogP contribution in [0.3, 0.4) is 0 Å². The quantitative estimate of drug-likeness (QED) is 0.278. The Hall–Kier alpha value is -3.16. The first-order chi connectivity index (χ1) is 21.3. The van der Waals surface area contributed by atoms with Gasteiger partial charge in [-0.2, -0.15) is 0 Å². The van der Waals surface area contributed by atoms with E-state index in [0.717, 1.165) is 74.1 Å². The van der Waals surface area contributed by atoms with Crippen LogP contribution in [0, 0.1) is 32.6 Å². The van der Waals surface area contributed by atoms with Crippen molar-refractivity contribution in [3.8, 4) is 11.8 Å². The molecule has 4 rings (SSSR count). The summed E-state index contributed by atoms with van der Waals surface area (Å²) in [6.07, 6.45) is 6.15. The van der Waals surface area contributed by atoms with Gasteiger partial charge in [-0.1, -0.05) is 31.1 Å². The normalized spacial score (nSPS) is 15.5. The molecular formula is C35H53N5O4. The van der Waals surface area contributed by atoms with Crippen LogP contribution in [0.5, 0.6) is 0 Å². The number of nitrogens with zero attached hydrogens (tertiary/aromatic N) is 2. The topological polar surface area (TPSA) is 98.9 Å². The van der Waals surface area contributed by atoms with E-state index in [1.165, 1.54) is 32.1 Å². The predicted octanol–water partition coefficient (Wildman–Crippen LogP) is 3.93. The van der Waals surface area contributed by atoms with Crippen molar-refractivity contribution in [2.45, 2.75) is 72.4 Å². The molecule has 2 aliphatic rings. The van der Waals surface area contributed by atoms with Gasteiger partial charge in [0.2, 0.25) is 0 Å². The number of methoxy groups -OCH3 is 1. The fourth-order valence-electron chi connectivity index (χ4n) is 5.91. The van der Waals surface area contributed by atoms with Crippen molar-refractivity contribution < 1.29 is 14.3 Å². The molecule has 1 aromatic heterocycles. The van der Waals surface area contributed by atoms with Crippen molar-refractivity contribution in [2.75, 3.05) is 71.6 Å². The van der Waals surface area contributed by atoms with Crippen molar-refractivity contribution >= 4 is 11.6 Å². The summed E-state index contributed by atoms with van der Waals surface area (Å²) in [5, 5.41) is 5.95. The predicted molar refractivity (Wildman–Crippen MR) is 179 cm³/mol. The number of nitrogens with one attached hydrogen (secondary N) is 3. The minimum absolute atomic E-state index is 0.155. The van der Waals surface area contributed by atoms with Gasteiger partial charge in [0.25, 0.3) is 11.5 Å². The summed E-state index contributed by atoms with van der Waals surface area (Å²) in [5.41, 5.74) is 5.64. The molecule has 0 unspecified atom stereocenters. The van der Waals surface area contributed by atoms with Crippen molar-refractivity contribution in [3.05, 3.63) is 62.1 Å². The van der Waals surface area contributed by atoms with Crippen LogP contribution in [0.1, 0.15) is 77.3 Å². The van der Waals surface area contributed by atoms with E-state index in [9.17, 15) is 9.59 Å². The lowest BCUT2D eigenvalue weighted by atomic mass is 9.92. The zero-order chi connectivity index (χ0) is 31.9. The van der Waals surface area contributed by atoms with Gasteiger partial charge in [-0.3, -0.25) is 14.5 Å². The number of aromatic amines is 1. The zero-order valence-corrected chi connectivity index (χ0v) is 27.7. The molecule has 1 saturated carbocycles. The van der Waals surface area contributed by atoms with Crippen LogP contribution in [0.25, 0.3) is 0 Å². The lowest BCUT2D eigenvalue weighted by Crippen LogP contribution is -2.37. The van der Waals surface area contributed by atoms with E-state index in [1.807, 2.05) is 40.0 Å². The maximum Gasteiger partial charge on any atom is 0.253 e. The van der Waals surface area contributed by atoms with Gasteiger partial charge in [-0.25, -0.2) is 0 Å². The Morgan fingerprint density at radius 1 is 1.14 bits per heavy atom. The van der Waals surface area contributed by atoms with Crippen LogP contribution in [0.4, 0.5) is 5.69 Å². The van der Waals surface area contributed by atoms with Crippen LogP contribution in [-0.2, 0) is 16.0 Å². The highest BCUT2D eigenvalue weighted by Crippen LogP contribution is 2.32. The molecule has 0 atom stereocenters. The van der Waals surface area contributed by atoms with Crippen molar-refractivity contribution in [3.63, 3.8) is 0 Å². The van der Waals surface area contributed by atoms with Crippen LogP contribution in [-0.4, -0.2) is 88.5 Å². The summed E-state index contributed by atoms with van der Waals surface area (Å²) in [7, 11) is 3.59. The molecule has 9 heteroatoms. The number of hydrogen-bond donors (Lipinski definition) is 3. The van der Waals surface area contributed by atoms with Gasteiger partial charge in [-0.15, -0.1) is 0 Å². The number of pyridine rings is 1. The molecule has 1 aliphatic heterocycles. The molecule has 1 amide bonds. The first-order valence-corrected chi connectivity index (χ1v) is 16.1. The molecule has 9 nitrogen and oxygen atoms in total. The van der Waals surface area contributed by atoms with E-state index in [2.05, 4.69) is 50.2 Å². The van der Waals surface area contributed by atoms with Gasteiger partial charge in [0.15, 0.2) is 0 Å². The molecule has 1 aromatic carbocycles. The second-order valence-electron chi connectivity index (χ2n) is 11.7. The molecule has 0 bridgehead atoms. The van der Waals surface area contributed by atoms with Gasteiger partial charge in [-0.05, 0) is 76.9 Å². The van der Waals surface area contributed by atoms with Crippen LogP contribution >= 0.6 is 0 Å². The van der Waals surface area contributed by atoms with Crippen LogP contribution in [0.15, 0.2) is 23.0 Å². The number of anilines is 1. The molecule has 242 valence electrons. The Morgan fingerprint density at radius 2 is 1.86 bits per heavy atom. The number of morpholine rings is 1. The van der Waals surface area contributed by atoms with E-state index in [1.54, 1.807) is 7.11 Å². The minimum atomic E-state index is -0.181. The smallest absolute Gasteiger partial charge is 0.253 e. The van der Waals surface area contributed by atoms with E-state index >= 15 is 0 Å². The van der Waals surface area contributed by atoms with E-state index in [0.29, 0.717) is 23.7 Å². The molecular weight excluding hydrogens is 554 g/mol. The number of carbonyl (C=O) groups excluding carboxylic acids is 1. The number of ether oxygens (including phenoxy) is 2. The molecule has 2 fully saturated rings. The maximum atomic E-state index is 13.5. The van der Waals surface area contributed by atoms with Crippen molar-refractivity contribution in [1.82, 2.24) is 20.5 Å². The number of H-pyrrole nitrogens is 1. The third-order valence-electron chi connectivity index (χ3n) is 8.41. The van der Waals surface area contributed by atoms with Crippen LogP contribution in [0.2, 0.25) is 0 Å². The Morgan fingerprint density at radius 3 is 2.48 bits per heavy atom. The highest BCUT2D eigenvalue weighted by molar-refractivity contribution is 5.97. The van der Waals surface area contributed by atoms with Gasteiger partial charge in [0.1, 0.15) is 0 Å². The number of aromatic nitrogens is 1. The first-order valence-electron chi connectivity index (χ1n) is 16.1. The Labute approximate surface area is 264 Å². The minimum Gasteiger partial charge on any atom is -0.383 e. The number of aryl methyl sites for hydroxylation is 2. The van der Waals surface area contributed by atoms with Gasteiger partial charge < -0.3 is 30.0 Å². The molecule has 3 N–H and O–H groups in total. The maximum absolute atomic E-state index is 13.5. The van der Waals surface area contributed by atoms with E-state index in [-0.39, 0.29) is 18.0 Å². The average molecular weight is 608 g/mol. The van der Waals surface area contributed by atoms with Gasteiger partial charge >= 0.3 is 0 Å². The summed E-state index contributed by atoms with van der Waals surface area (Å²) in [6, 6.07) is 6.47. The van der Waals surface area contributed by atoms with Gasteiger partial charge in [0.05, 0.1) is 26.4 Å². The zero-order valence-electron chi connectivity index (χ0n) is 27.7. The second kappa shape index (κ2) is 18.6. The molecule has 1 aliphatic carbocycles. The molecule has 44 heavy (non-hydrogen) atoms. The molecule has 1 saturated heterocycles. The molecule has 0 spiro atoms. The highest BCUT2D eigenvalue weighted by atomic mass is 16.5. The second-order valence-corrected chi connectivity index (χ2v) is 11.7. The average Bonchev–Trinajstić information content (AvgIpc) is 3.02. The third kappa shape index (κ3) is 10.5. The van der Waals surface area contributed by atoms with Gasteiger partial charge in [0, 0.05) is 73.9 Å². The lowest BCUT2D eigenvalue weighted by Gasteiger charge is -2.37. The Bertz CT molecular complexity index is 1310. The summed E-state index contributed by atoms with van der Waals surface area (Å²) < 4.78 is 10.2. The van der Waals surface area contributed by atoms with Crippen LogP contribution < -0.4 is 21.1 Å². The summed E-state index contributed by atoms with van der Waals surface area (Å²) in [4.78, 5) is 33.6. The number of likely N-dealkylation sites (N-methyl/N-ethyl adjacent to an activating group) is 1. The summed E-state index contributed by atoms with van der Waals surface area (Å²) in [5.74, 6) is 6.48. The molecule has 2 heterocycles. The SMILES string of the molecule is CCN(c1cc(C#CCN2CCOCC2)cc(C(=O)NCc2c(C)cc(C)[nH]c2=O)c1C)C1CCCCC1.CNCCOC. The Kier molecular flexibility index (Phi) is 14.9. The van der Waals surface area contributed by atoms with E-state index in [4.69, 9.17) is 9.47 Å². The highest BCUT2D eigenvalue weighted by Gasteiger charge is 2.24. The fraction of sp³-hybridized carbons (Fsp3) is 0.600. The number of carbonyl (C=O) groups is 1. The largest absolute Gasteiger partial charge is 0.383 e. The molecule has 2 aromatic rings. The fourth-order valence-corrected chi connectivity index (χ4v) is 5.91. The monoisotopic (exact) mass is 607 g/mol. The number of hydrogen-bond acceptors (Lipinski definition) is 7. The third-order valence-corrected chi connectivity index (χ3v) is 8.41. The molecule has 0 radical (unpaired) electrons. The van der Waals surface area contributed by atoms with E-state index < -0.39 is 0 Å².